The fraction of sp³-hybridized carbons (Fsp3) is 0.0196. The lowest BCUT2D eigenvalue weighted by atomic mass is 9.98. The predicted molar refractivity (Wildman–Crippen MR) is 244 cm³/mol. The van der Waals surface area contributed by atoms with E-state index < -0.39 is 0 Å². The van der Waals surface area contributed by atoms with Gasteiger partial charge in [-0.25, -0.2) is 9.98 Å². The minimum atomic E-state index is -0.316. The summed E-state index contributed by atoms with van der Waals surface area (Å²) in [6.07, 6.45) is -0.316. The highest BCUT2D eigenvalue weighted by Gasteiger charge is 2.25. The molecule has 0 aliphatic carbocycles. The molecule has 1 atom stereocenters. The van der Waals surface area contributed by atoms with Gasteiger partial charge in [0, 0.05) is 67.8 Å². The first kappa shape index (κ1) is 32.4. The summed E-state index contributed by atoms with van der Waals surface area (Å²) >= 11 is 3.73. The second kappa shape index (κ2) is 12.8. The van der Waals surface area contributed by atoms with Gasteiger partial charge in [0.2, 0.25) is 0 Å². The standard InChI is InChI=1S/C51H32N4S2/c1-3-14-31(15-4-1)49-52-50(32-16-5-2-6-17-32)54-51(53-49)38-22-12-26-44-46(38)39-30-33(28-29-43(39)56-44)34-20-11-21-37-47-42(25-13-27-45(47)57-48(34)37)55-40-23-9-7-18-35(40)36-19-8-10-24-41(36)55/h1-30,51H,(H,52,53,54). The largest absolute Gasteiger partial charge is 0.344 e. The molecule has 12 rings (SSSR count). The van der Waals surface area contributed by atoms with Crippen molar-refractivity contribution < 1.29 is 0 Å². The summed E-state index contributed by atoms with van der Waals surface area (Å²) < 4.78 is 7.55. The number of aliphatic imine (C=N–C) groups is 2. The van der Waals surface area contributed by atoms with Crippen LogP contribution in [-0.2, 0) is 0 Å². The molecule has 8 aromatic carbocycles. The van der Waals surface area contributed by atoms with Crippen molar-refractivity contribution in [2.24, 2.45) is 9.98 Å². The molecular formula is C51H32N4S2. The van der Waals surface area contributed by atoms with E-state index in [9.17, 15) is 0 Å². The molecule has 4 nitrogen and oxygen atoms in total. The molecule has 1 aliphatic heterocycles. The Morgan fingerprint density at radius 3 is 1.89 bits per heavy atom. The maximum absolute atomic E-state index is 5.27. The van der Waals surface area contributed by atoms with E-state index in [0.717, 1.165) is 28.4 Å². The molecular weight excluding hydrogens is 733 g/mol. The predicted octanol–water partition coefficient (Wildman–Crippen LogP) is 13.7. The van der Waals surface area contributed by atoms with Crippen molar-refractivity contribution in [1.82, 2.24) is 9.88 Å². The lowest BCUT2D eigenvalue weighted by Crippen LogP contribution is -2.33. The summed E-state index contributed by atoms with van der Waals surface area (Å²) in [5, 5.41) is 11.3. The summed E-state index contributed by atoms with van der Waals surface area (Å²) in [5.74, 6) is 1.55. The van der Waals surface area contributed by atoms with Crippen molar-refractivity contribution in [3.8, 4) is 16.8 Å². The van der Waals surface area contributed by atoms with E-state index in [1.807, 2.05) is 46.9 Å². The van der Waals surface area contributed by atoms with E-state index in [1.54, 1.807) is 0 Å². The van der Waals surface area contributed by atoms with Crippen LogP contribution < -0.4 is 5.32 Å². The van der Waals surface area contributed by atoms with Gasteiger partial charge in [0.05, 0.1) is 16.7 Å². The summed E-state index contributed by atoms with van der Waals surface area (Å²) in [7, 11) is 0. The zero-order chi connectivity index (χ0) is 37.5. The summed E-state index contributed by atoms with van der Waals surface area (Å²) in [6.45, 7) is 0. The maximum atomic E-state index is 5.27. The van der Waals surface area contributed by atoms with Crippen LogP contribution in [0.15, 0.2) is 192 Å². The number of para-hydroxylation sites is 2. The van der Waals surface area contributed by atoms with Gasteiger partial charge in [-0.15, -0.1) is 22.7 Å². The van der Waals surface area contributed by atoms with E-state index in [4.69, 9.17) is 9.98 Å². The average molecular weight is 765 g/mol. The number of hydrogen-bond donors (Lipinski definition) is 1. The quantitative estimate of drug-likeness (QED) is 0.186. The maximum Gasteiger partial charge on any atom is 0.159 e. The number of nitrogens with zero attached hydrogens (tertiary/aromatic N) is 3. The number of benzene rings is 8. The first-order valence-electron chi connectivity index (χ1n) is 19.2. The Balaban J connectivity index is 1.03. The molecule has 0 bridgehead atoms. The molecule has 6 heteroatoms. The minimum Gasteiger partial charge on any atom is -0.344 e. The van der Waals surface area contributed by atoms with Crippen LogP contribution in [0.3, 0.4) is 0 Å². The van der Waals surface area contributed by atoms with E-state index in [1.165, 1.54) is 79.0 Å². The summed E-state index contributed by atoms with van der Waals surface area (Å²) in [5.41, 5.74) is 9.30. The number of aromatic nitrogens is 1. The normalized spacial score (nSPS) is 14.5. The third-order valence-corrected chi connectivity index (χ3v) is 13.6. The van der Waals surface area contributed by atoms with Crippen molar-refractivity contribution in [2.45, 2.75) is 6.17 Å². The molecule has 4 heterocycles. The molecule has 0 radical (unpaired) electrons. The van der Waals surface area contributed by atoms with E-state index in [0.29, 0.717) is 0 Å². The molecule has 1 N–H and O–H groups in total. The van der Waals surface area contributed by atoms with Gasteiger partial charge in [-0.3, -0.25) is 0 Å². The molecule has 0 fully saturated rings. The molecule has 268 valence electrons. The van der Waals surface area contributed by atoms with Gasteiger partial charge in [0.1, 0.15) is 12.0 Å². The Labute approximate surface area is 336 Å². The number of rotatable bonds is 5. The van der Waals surface area contributed by atoms with Crippen LogP contribution in [0.2, 0.25) is 0 Å². The highest BCUT2D eigenvalue weighted by molar-refractivity contribution is 7.26. The number of thiophene rings is 2. The lowest BCUT2D eigenvalue weighted by molar-refractivity contribution is 0.680. The molecule has 0 amide bonds. The molecule has 0 spiro atoms. The fourth-order valence-corrected chi connectivity index (χ4v) is 11.1. The van der Waals surface area contributed by atoms with E-state index in [2.05, 4.69) is 168 Å². The summed E-state index contributed by atoms with van der Waals surface area (Å²) in [6, 6.07) is 65.4. The zero-order valence-corrected chi connectivity index (χ0v) is 32.2. The van der Waals surface area contributed by atoms with Crippen LogP contribution in [-0.4, -0.2) is 16.2 Å². The first-order chi connectivity index (χ1) is 28.3. The van der Waals surface area contributed by atoms with E-state index in [-0.39, 0.29) is 6.17 Å². The van der Waals surface area contributed by atoms with E-state index >= 15 is 0 Å². The third-order valence-electron chi connectivity index (χ3n) is 11.3. The van der Waals surface area contributed by atoms with Crippen molar-refractivity contribution in [3.63, 3.8) is 0 Å². The van der Waals surface area contributed by atoms with Crippen LogP contribution in [0.1, 0.15) is 22.9 Å². The molecule has 0 saturated heterocycles. The smallest absolute Gasteiger partial charge is 0.159 e. The molecule has 3 aromatic heterocycles. The van der Waals surface area contributed by atoms with Crippen LogP contribution in [0.25, 0.3) is 79.0 Å². The topological polar surface area (TPSA) is 41.7 Å². The molecule has 11 aromatic rings. The first-order valence-corrected chi connectivity index (χ1v) is 20.8. The highest BCUT2D eigenvalue weighted by Crippen LogP contribution is 2.46. The fourth-order valence-electron chi connectivity index (χ4n) is 8.74. The molecule has 57 heavy (non-hydrogen) atoms. The number of fused-ring (bicyclic) bond motifs is 9. The van der Waals surface area contributed by atoms with Crippen molar-refractivity contribution in [2.75, 3.05) is 0 Å². The molecule has 0 saturated carbocycles. The second-order valence-corrected chi connectivity index (χ2v) is 16.7. The van der Waals surface area contributed by atoms with Gasteiger partial charge in [-0.1, -0.05) is 140 Å². The van der Waals surface area contributed by atoms with Crippen LogP contribution in [0, 0.1) is 0 Å². The van der Waals surface area contributed by atoms with Gasteiger partial charge >= 0.3 is 0 Å². The highest BCUT2D eigenvalue weighted by atomic mass is 32.1. The molecule has 1 unspecified atom stereocenters. The van der Waals surface area contributed by atoms with Crippen molar-refractivity contribution >= 4 is 96.5 Å². The van der Waals surface area contributed by atoms with Crippen LogP contribution in [0.5, 0.6) is 0 Å². The van der Waals surface area contributed by atoms with Crippen LogP contribution in [0.4, 0.5) is 0 Å². The minimum absolute atomic E-state index is 0.316. The number of amidine groups is 2. The van der Waals surface area contributed by atoms with Gasteiger partial charge in [-0.05, 0) is 53.6 Å². The Kier molecular flexibility index (Phi) is 7.30. The Bertz CT molecular complexity index is 3390. The van der Waals surface area contributed by atoms with Crippen molar-refractivity contribution in [1.29, 1.82) is 0 Å². The zero-order valence-electron chi connectivity index (χ0n) is 30.6. The average Bonchev–Trinajstić information content (AvgIpc) is 3.96. The SMILES string of the molecule is c1ccc(C2=NC(c3cccc4sc5ccc(-c6cccc7c6sc6cccc(-n8c9ccccc9c9ccccc98)c67)cc5c34)NC(c3ccccc3)=N2)cc1. The Morgan fingerprint density at radius 2 is 1.12 bits per heavy atom. The Morgan fingerprint density at radius 1 is 0.474 bits per heavy atom. The van der Waals surface area contributed by atoms with Crippen LogP contribution >= 0.6 is 22.7 Å². The van der Waals surface area contributed by atoms with Crippen molar-refractivity contribution in [3.05, 3.63) is 199 Å². The number of nitrogens with one attached hydrogen (secondary N) is 1. The van der Waals surface area contributed by atoms with Gasteiger partial charge < -0.3 is 9.88 Å². The van der Waals surface area contributed by atoms with Gasteiger partial charge in [0.25, 0.3) is 0 Å². The number of hydrogen-bond acceptors (Lipinski definition) is 5. The second-order valence-electron chi connectivity index (χ2n) is 14.5. The Hall–Kier alpha value is -6.86. The lowest BCUT2D eigenvalue weighted by Gasteiger charge is -2.24. The van der Waals surface area contributed by atoms with Gasteiger partial charge in [-0.2, -0.15) is 0 Å². The monoisotopic (exact) mass is 764 g/mol. The molecule has 1 aliphatic rings. The third kappa shape index (κ3) is 5.11. The summed E-state index contributed by atoms with van der Waals surface area (Å²) in [4.78, 5) is 10.3. The van der Waals surface area contributed by atoms with Gasteiger partial charge in [0.15, 0.2) is 5.84 Å².